The molecule has 0 aromatic heterocycles. The van der Waals surface area contributed by atoms with Gasteiger partial charge in [0.15, 0.2) is 0 Å². The molecule has 1 atom stereocenters. The van der Waals surface area contributed by atoms with Gasteiger partial charge >= 0.3 is 0 Å². The summed E-state index contributed by atoms with van der Waals surface area (Å²) in [6.07, 6.45) is 2.31. The highest BCUT2D eigenvalue weighted by molar-refractivity contribution is 6.30. The van der Waals surface area contributed by atoms with E-state index in [9.17, 15) is 14.7 Å². The van der Waals surface area contributed by atoms with Crippen molar-refractivity contribution in [2.24, 2.45) is 0 Å². The van der Waals surface area contributed by atoms with Crippen molar-refractivity contribution < 1.29 is 14.7 Å². The maximum atomic E-state index is 11.7. The molecule has 0 heterocycles. The molecule has 1 unspecified atom stereocenters. The molecule has 0 bridgehead atoms. The van der Waals surface area contributed by atoms with E-state index in [2.05, 4.69) is 10.6 Å². The van der Waals surface area contributed by atoms with Crippen LogP contribution >= 0.6 is 11.6 Å². The van der Waals surface area contributed by atoms with Crippen molar-refractivity contribution in [2.75, 3.05) is 6.54 Å². The summed E-state index contributed by atoms with van der Waals surface area (Å²) in [6, 6.07) is 7.12. The first kappa shape index (κ1) is 16.8. The molecule has 1 aromatic rings. The van der Waals surface area contributed by atoms with Crippen LogP contribution in [0.4, 0.5) is 0 Å². The van der Waals surface area contributed by atoms with Gasteiger partial charge in [-0.2, -0.15) is 0 Å². The fraction of sp³-hybridized carbons (Fsp3) is 0.500. The number of rotatable bonds is 8. The van der Waals surface area contributed by atoms with Gasteiger partial charge in [0.25, 0.3) is 0 Å². The van der Waals surface area contributed by atoms with Crippen LogP contribution in [0.25, 0.3) is 0 Å². The summed E-state index contributed by atoms with van der Waals surface area (Å²) in [5.41, 5.74) is 0.656. The van der Waals surface area contributed by atoms with Gasteiger partial charge in [0.1, 0.15) is 0 Å². The third-order valence-corrected chi connectivity index (χ3v) is 3.73. The predicted molar refractivity (Wildman–Crippen MR) is 84.4 cm³/mol. The Morgan fingerprint density at radius 3 is 2.55 bits per heavy atom. The Morgan fingerprint density at radius 2 is 1.91 bits per heavy atom. The molecule has 1 fully saturated rings. The van der Waals surface area contributed by atoms with Crippen molar-refractivity contribution in [3.05, 3.63) is 34.9 Å². The van der Waals surface area contributed by atoms with Crippen molar-refractivity contribution in [3.8, 4) is 0 Å². The second-order valence-corrected chi connectivity index (χ2v) is 6.00. The van der Waals surface area contributed by atoms with Crippen LogP contribution in [0.2, 0.25) is 5.02 Å². The van der Waals surface area contributed by atoms with Crippen LogP contribution in [0.15, 0.2) is 24.3 Å². The molecule has 2 amide bonds. The number of carbonyl (C=O) groups excluding carboxylic acids is 2. The molecule has 1 saturated carbocycles. The highest BCUT2D eigenvalue weighted by Gasteiger charge is 2.22. The van der Waals surface area contributed by atoms with Gasteiger partial charge in [0.05, 0.1) is 12.5 Å². The number of aliphatic hydroxyl groups is 1. The first-order valence-corrected chi connectivity index (χ1v) is 7.92. The SMILES string of the molecule is O=C(CC(O)c1ccc(Cl)cc1)NCCCC(=O)NC1CC1. The van der Waals surface area contributed by atoms with E-state index in [4.69, 9.17) is 11.6 Å². The summed E-state index contributed by atoms with van der Waals surface area (Å²) in [7, 11) is 0. The summed E-state index contributed by atoms with van der Waals surface area (Å²) in [5.74, 6) is -0.192. The lowest BCUT2D eigenvalue weighted by atomic mass is 10.1. The first-order chi connectivity index (χ1) is 10.5. The number of amides is 2. The second kappa shape index (κ2) is 8.15. The van der Waals surface area contributed by atoms with Gasteiger partial charge in [-0.05, 0) is 37.0 Å². The molecule has 6 heteroatoms. The van der Waals surface area contributed by atoms with Gasteiger partial charge < -0.3 is 15.7 Å². The average molecular weight is 325 g/mol. The lowest BCUT2D eigenvalue weighted by molar-refractivity contribution is -0.124. The summed E-state index contributed by atoms with van der Waals surface area (Å²) in [6.45, 7) is 0.435. The molecular weight excluding hydrogens is 304 g/mol. The van der Waals surface area contributed by atoms with E-state index < -0.39 is 6.10 Å². The fourth-order valence-electron chi connectivity index (χ4n) is 2.05. The van der Waals surface area contributed by atoms with E-state index in [1.54, 1.807) is 24.3 Å². The second-order valence-electron chi connectivity index (χ2n) is 5.57. The molecule has 0 spiro atoms. The molecule has 2 rings (SSSR count). The van der Waals surface area contributed by atoms with E-state index in [-0.39, 0.29) is 18.2 Å². The van der Waals surface area contributed by atoms with Crippen molar-refractivity contribution in [2.45, 2.75) is 44.2 Å². The van der Waals surface area contributed by atoms with Gasteiger partial charge in [-0.3, -0.25) is 9.59 Å². The van der Waals surface area contributed by atoms with E-state index in [1.807, 2.05) is 0 Å². The van der Waals surface area contributed by atoms with Crippen molar-refractivity contribution in [1.29, 1.82) is 0 Å². The summed E-state index contributed by atoms with van der Waals surface area (Å²) in [5, 5.41) is 16.2. The molecule has 5 nitrogen and oxygen atoms in total. The Morgan fingerprint density at radius 1 is 1.23 bits per heavy atom. The molecule has 1 aliphatic rings. The Labute approximate surface area is 135 Å². The van der Waals surface area contributed by atoms with Crippen LogP contribution in [0.1, 0.15) is 43.8 Å². The maximum absolute atomic E-state index is 11.7. The Balaban J connectivity index is 1.60. The number of benzene rings is 1. The Kier molecular flexibility index (Phi) is 6.21. The highest BCUT2D eigenvalue weighted by atomic mass is 35.5. The van der Waals surface area contributed by atoms with Gasteiger partial charge in [-0.15, -0.1) is 0 Å². The number of hydrogen-bond acceptors (Lipinski definition) is 3. The first-order valence-electron chi connectivity index (χ1n) is 7.54. The van der Waals surface area contributed by atoms with E-state index in [0.717, 1.165) is 12.8 Å². The quantitative estimate of drug-likeness (QED) is 0.639. The maximum Gasteiger partial charge on any atom is 0.222 e. The largest absolute Gasteiger partial charge is 0.388 e. The Bertz CT molecular complexity index is 515. The molecular formula is C16H21ClN2O3. The van der Waals surface area contributed by atoms with Crippen LogP contribution < -0.4 is 10.6 Å². The minimum absolute atomic E-state index is 0.00406. The monoisotopic (exact) mass is 324 g/mol. The summed E-state index contributed by atoms with van der Waals surface area (Å²) < 4.78 is 0. The van der Waals surface area contributed by atoms with Gasteiger partial charge in [-0.25, -0.2) is 0 Å². The standard InChI is InChI=1S/C16H21ClN2O3/c17-12-5-3-11(4-6-12)14(20)10-16(22)18-9-1-2-15(21)19-13-7-8-13/h3-6,13-14,20H,1-2,7-10H2,(H,18,22)(H,19,21). The van der Waals surface area contributed by atoms with Gasteiger partial charge in [-0.1, -0.05) is 23.7 Å². The highest BCUT2D eigenvalue weighted by Crippen LogP contribution is 2.19. The van der Waals surface area contributed by atoms with Crippen molar-refractivity contribution in [1.82, 2.24) is 10.6 Å². The van der Waals surface area contributed by atoms with Gasteiger partial charge in [0.2, 0.25) is 11.8 Å². The van der Waals surface area contributed by atoms with E-state index in [0.29, 0.717) is 36.0 Å². The zero-order chi connectivity index (χ0) is 15.9. The minimum Gasteiger partial charge on any atom is -0.388 e. The molecule has 0 aliphatic heterocycles. The molecule has 22 heavy (non-hydrogen) atoms. The minimum atomic E-state index is -0.851. The van der Waals surface area contributed by atoms with Crippen LogP contribution in [-0.4, -0.2) is 29.5 Å². The topological polar surface area (TPSA) is 78.4 Å². The van der Waals surface area contributed by atoms with Crippen LogP contribution in [0.5, 0.6) is 0 Å². The number of halogens is 1. The summed E-state index contributed by atoms with van der Waals surface area (Å²) in [4.78, 5) is 23.2. The van der Waals surface area contributed by atoms with Crippen molar-refractivity contribution in [3.63, 3.8) is 0 Å². The predicted octanol–water partition coefficient (Wildman–Crippen LogP) is 1.94. The average Bonchev–Trinajstić information content (AvgIpc) is 3.28. The van der Waals surface area contributed by atoms with Crippen LogP contribution in [-0.2, 0) is 9.59 Å². The molecule has 0 radical (unpaired) electrons. The lowest BCUT2D eigenvalue weighted by Crippen LogP contribution is -2.29. The molecule has 0 saturated heterocycles. The third-order valence-electron chi connectivity index (χ3n) is 3.48. The van der Waals surface area contributed by atoms with Gasteiger partial charge in [0, 0.05) is 24.0 Å². The van der Waals surface area contributed by atoms with Crippen molar-refractivity contribution >= 4 is 23.4 Å². The molecule has 3 N–H and O–H groups in total. The molecule has 1 aliphatic carbocycles. The Hall–Kier alpha value is -1.59. The number of aliphatic hydroxyl groups excluding tert-OH is 1. The fourth-order valence-corrected chi connectivity index (χ4v) is 2.18. The van der Waals surface area contributed by atoms with E-state index in [1.165, 1.54) is 0 Å². The van der Waals surface area contributed by atoms with E-state index >= 15 is 0 Å². The van der Waals surface area contributed by atoms with Crippen LogP contribution in [0.3, 0.4) is 0 Å². The third kappa shape index (κ3) is 6.03. The zero-order valence-electron chi connectivity index (χ0n) is 12.3. The number of nitrogens with one attached hydrogen (secondary N) is 2. The lowest BCUT2D eigenvalue weighted by Gasteiger charge is -2.11. The zero-order valence-corrected chi connectivity index (χ0v) is 13.1. The number of hydrogen-bond donors (Lipinski definition) is 3. The molecule has 120 valence electrons. The smallest absolute Gasteiger partial charge is 0.222 e. The number of carbonyl (C=O) groups is 2. The molecule has 1 aromatic carbocycles. The summed E-state index contributed by atoms with van der Waals surface area (Å²) >= 11 is 5.77. The normalized spacial score (nSPS) is 15.2. The van der Waals surface area contributed by atoms with Crippen LogP contribution in [0, 0.1) is 0 Å².